The molecular weight excluding hydrogens is 360 g/mol. The number of hydrogen-bond donors (Lipinski definition) is 2. The summed E-state index contributed by atoms with van der Waals surface area (Å²) in [7, 11) is -3.83. The fraction of sp³-hybridized carbons (Fsp3) is 0.0952. The van der Waals surface area contributed by atoms with Gasteiger partial charge in [-0.15, -0.1) is 0 Å². The van der Waals surface area contributed by atoms with Crippen molar-refractivity contribution in [2.45, 2.75) is 18.7 Å². The molecule has 0 heterocycles. The highest BCUT2D eigenvalue weighted by Gasteiger charge is 2.21. The van der Waals surface area contributed by atoms with Crippen LogP contribution in [0.25, 0.3) is 0 Å². The van der Waals surface area contributed by atoms with Gasteiger partial charge in [0.2, 0.25) is 0 Å². The predicted octanol–water partition coefficient (Wildman–Crippen LogP) is 4.36. The van der Waals surface area contributed by atoms with E-state index in [4.69, 9.17) is 0 Å². The number of benzene rings is 3. The molecule has 27 heavy (non-hydrogen) atoms. The zero-order valence-corrected chi connectivity index (χ0v) is 15.9. The van der Waals surface area contributed by atoms with Crippen molar-refractivity contribution in [2.24, 2.45) is 0 Å². The van der Waals surface area contributed by atoms with Crippen LogP contribution in [0.2, 0.25) is 0 Å². The minimum absolute atomic E-state index is 0.0876. The van der Waals surface area contributed by atoms with Gasteiger partial charge >= 0.3 is 0 Å². The summed E-state index contributed by atoms with van der Waals surface area (Å²) in [5.74, 6) is -0.361. The van der Waals surface area contributed by atoms with E-state index >= 15 is 0 Å². The molecule has 0 saturated heterocycles. The van der Waals surface area contributed by atoms with E-state index in [0.717, 1.165) is 5.56 Å². The van der Waals surface area contributed by atoms with E-state index in [9.17, 15) is 13.2 Å². The van der Waals surface area contributed by atoms with Crippen molar-refractivity contribution in [1.82, 2.24) is 0 Å². The molecule has 3 aromatic carbocycles. The van der Waals surface area contributed by atoms with Gasteiger partial charge in [0.05, 0.1) is 4.90 Å². The number of nitrogens with one attached hydrogen (secondary N) is 2. The zero-order chi connectivity index (χ0) is 19.4. The lowest BCUT2D eigenvalue weighted by molar-refractivity contribution is 0.102. The lowest BCUT2D eigenvalue weighted by Gasteiger charge is -2.14. The van der Waals surface area contributed by atoms with Gasteiger partial charge in [-0.1, -0.05) is 36.4 Å². The van der Waals surface area contributed by atoms with Crippen molar-refractivity contribution in [3.8, 4) is 0 Å². The molecule has 5 nitrogen and oxygen atoms in total. The third-order valence-corrected chi connectivity index (χ3v) is 5.74. The van der Waals surface area contributed by atoms with E-state index in [1.807, 2.05) is 24.3 Å². The summed E-state index contributed by atoms with van der Waals surface area (Å²) in [5.41, 5.74) is 2.73. The average Bonchev–Trinajstić information content (AvgIpc) is 2.65. The topological polar surface area (TPSA) is 75.3 Å². The summed E-state index contributed by atoms with van der Waals surface area (Å²) in [4.78, 5) is 12.7. The quantitative estimate of drug-likeness (QED) is 0.691. The van der Waals surface area contributed by atoms with Gasteiger partial charge in [0.1, 0.15) is 0 Å². The first-order valence-electron chi connectivity index (χ1n) is 8.42. The van der Waals surface area contributed by atoms with Crippen LogP contribution in [0.3, 0.4) is 0 Å². The van der Waals surface area contributed by atoms with E-state index < -0.39 is 10.0 Å². The summed E-state index contributed by atoms with van der Waals surface area (Å²) in [5, 5.41) is 2.78. The monoisotopic (exact) mass is 380 g/mol. The molecule has 0 aromatic heterocycles. The first kappa shape index (κ1) is 18.7. The molecule has 0 fully saturated rings. The normalized spacial score (nSPS) is 11.0. The van der Waals surface area contributed by atoms with Gasteiger partial charge in [0.15, 0.2) is 0 Å². The van der Waals surface area contributed by atoms with Crippen LogP contribution in [0.1, 0.15) is 21.5 Å². The molecule has 138 valence electrons. The lowest BCUT2D eigenvalue weighted by Crippen LogP contribution is -2.18. The second-order valence-corrected chi connectivity index (χ2v) is 7.86. The maximum Gasteiger partial charge on any atom is 0.262 e. The van der Waals surface area contributed by atoms with Crippen molar-refractivity contribution in [3.63, 3.8) is 0 Å². The third kappa shape index (κ3) is 4.35. The molecule has 1 amide bonds. The Hall–Kier alpha value is -3.12. The zero-order valence-electron chi connectivity index (χ0n) is 15.1. The molecule has 3 aromatic rings. The van der Waals surface area contributed by atoms with Gasteiger partial charge in [0, 0.05) is 16.9 Å². The van der Waals surface area contributed by atoms with E-state index in [0.29, 0.717) is 16.9 Å². The second-order valence-electron chi connectivity index (χ2n) is 6.21. The van der Waals surface area contributed by atoms with Crippen molar-refractivity contribution in [3.05, 3.63) is 89.5 Å². The van der Waals surface area contributed by atoms with Crippen LogP contribution >= 0.6 is 0 Å². The van der Waals surface area contributed by atoms with Crippen LogP contribution in [-0.2, 0) is 10.0 Å². The Morgan fingerprint density at radius 3 is 1.96 bits per heavy atom. The number of anilines is 2. The van der Waals surface area contributed by atoms with E-state index in [-0.39, 0.29) is 16.4 Å². The van der Waals surface area contributed by atoms with Crippen LogP contribution in [0, 0.1) is 13.8 Å². The molecular formula is C21H20N2O3S. The first-order chi connectivity index (χ1) is 12.9. The van der Waals surface area contributed by atoms with Crippen LogP contribution in [-0.4, -0.2) is 14.3 Å². The van der Waals surface area contributed by atoms with E-state index in [1.165, 1.54) is 6.07 Å². The summed E-state index contributed by atoms with van der Waals surface area (Å²) < 4.78 is 28.3. The van der Waals surface area contributed by atoms with Crippen LogP contribution in [0.5, 0.6) is 0 Å². The smallest absolute Gasteiger partial charge is 0.262 e. The summed E-state index contributed by atoms with van der Waals surface area (Å²) in [6, 6.07) is 20.8. The minimum atomic E-state index is -3.83. The molecule has 0 bridgehead atoms. The standard InChI is InChI=1S/C21H20N2O3S/c1-15-13-17(21(24)22-18-9-5-3-6-10-18)14-20(16(15)2)27(25,26)23-19-11-7-4-8-12-19/h3-14,23H,1-2H3,(H,22,24). The Labute approximate surface area is 159 Å². The average molecular weight is 380 g/mol. The highest BCUT2D eigenvalue weighted by atomic mass is 32.2. The molecule has 0 aliphatic rings. The maximum absolute atomic E-state index is 12.9. The van der Waals surface area contributed by atoms with Gasteiger partial charge in [-0.3, -0.25) is 9.52 Å². The second kappa shape index (κ2) is 7.63. The molecule has 0 atom stereocenters. The first-order valence-corrected chi connectivity index (χ1v) is 9.90. The van der Waals surface area contributed by atoms with Gasteiger partial charge in [0.25, 0.3) is 15.9 Å². The molecule has 6 heteroatoms. The molecule has 0 aliphatic heterocycles. The number of hydrogen-bond acceptors (Lipinski definition) is 3. The number of rotatable bonds is 5. The molecule has 0 unspecified atom stereocenters. The number of carbonyl (C=O) groups is 1. The van der Waals surface area contributed by atoms with Crippen LogP contribution in [0.15, 0.2) is 77.7 Å². The van der Waals surface area contributed by atoms with Crippen molar-refractivity contribution in [2.75, 3.05) is 10.0 Å². The lowest BCUT2D eigenvalue weighted by atomic mass is 10.1. The molecule has 0 radical (unpaired) electrons. The third-order valence-electron chi connectivity index (χ3n) is 4.23. The van der Waals surface area contributed by atoms with E-state index in [1.54, 1.807) is 56.3 Å². The Morgan fingerprint density at radius 2 is 1.37 bits per heavy atom. The minimum Gasteiger partial charge on any atom is -0.322 e. The number of para-hydroxylation sites is 2. The van der Waals surface area contributed by atoms with Gasteiger partial charge < -0.3 is 5.32 Å². The number of aryl methyl sites for hydroxylation is 1. The molecule has 0 spiro atoms. The molecule has 0 saturated carbocycles. The SMILES string of the molecule is Cc1cc(C(=O)Nc2ccccc2)cc(S(=O)(=O)Nc2ccccc2)c1C. The van der Waals surface area contributed by atoms with Crippen LogP contribution < -0.4 is 10.0 Å². The fourth-order valence-electron chi connectivity index (χ4n) is 2.68. The fourth-order valence-corrected chi connectivity index (χ4v) is 4.08. The predicted molar refractivity (Wildman–Crippen MR) is 108 cm³/mol. The number of amides is 1. The Kier molecular flexibility index (Phi) is 5.28. The number of carbonyl (C=O) groups excluding carboxylic acids is 1. The van der Waals surface area contributed by atoms with Crippen molar-refractivity contribution >= 4 is 27.3 Å². The molecule has 2 N–H and O–H groups in total. The largest absolute Gasteiger partial charge is 0.322 e. The van der Waals surface area contributed by atoms with E-state index in [2.05, 4.69) is 10.0 Å². The molecule has 0 aliphatic carbocycles. The van der Waals surface area contributed by atoms with Crippen molar-refractivity contribution in [1.29, 1.82) is 0 Å². The molecule has 3 rings (SSSR count). The highest BCUT2D eigenvalue weighted by molar-refractivity contribution is 7.92. The Morgan fingerprint density at radius 1 is 0.815 bits per heavy atom. The van der Waals surface area contributed by atoms with Gasteiger partial charge in [-0.25, -0.2) is 8.42 Å². The number of sulfonamides is 1. The maximum atomic E-state index is 12.9. The Balaban J connectivity index is 1.95. The summed E-state index contributed by atoms with van der Waals surface area (Å²) in [6.45, 7) is 3.52. The van der Waals surface area contributed by atoms with Gasteiger partial charge in [-0.2, -0.15) is 0 Å². The van der Waals surface area contributed by atoms with Gasteiger partial charge in [-0.05, 0) is 61.4 Å². The highest BCUT2D eigenvalue weighted by Crippen LogP contribution is 2.24. The van der Waals surface area contributed by atoms with Crippen molar-refractivity contribution < 1.29 is 13.2 Å². The summed E-state index contributed by atoms with van der Waals surface area (Å²) >= 11 is 0. The summed E-state index contributed by atoms with van der Waals surface area (Å²) in [6.07, 6.45) is 0. The Bertz CT molecular complexity index is 1060. The van der Waals surface area contributed by atoms with Crippen LogP contribution in [0.4, 0.5) is 11.4 Å².